The molecular weight excluding hydrogens is 226 g/mol. The Morgan fingerprint density at radius 3 is 2.94 bits per heavy atom. The Bertz CT molecular complexity index is 310. The van der Waals surface area contributed by atoms with Gasteiger partial charge in [-0.3, -0.25) is 4.68 Å². The zero-order valence-electron chi connectivity index (χ0n) is 12.0. The maximum Gasteiger partial charge on any atom is 0.0587 e. The van der Waals surface area contributed by atoms with Crippen molar-refractivity contribution >= 4 is 0 Å². The average molecular weight is 253 g/mol. The molecule has 0 bridgehead atoms. The molecule has 0 spiro atoms. The van der Waals surface area contributed by atoms with Crippen LogP contribution < -0.4 is 5.32 Å². The van der Waals surface area contributed by atoms with Crippen LogP contribution in [-0.4, -0.2) is 36.6 Å². The van der Waals surface area contributed by atoms with Crippen molar-refractivity contribution in [2.75, 3.05) is 26.8 Å². The highest BCUT2D eigenvalue weighted by Crippen LogP contribution is 2.05. The molecule has 0 saturated carbocycles. The Balaban J connectivity index is 2.11. The number of aryl methyl sites for hydroxylation is 2. The first kappa shape index (κ1) is 15.2. The summed E-state index contributed by atoms with van der Waals surface area (Å²) in [6.45, 7) is 8.29. The van der Waals surface area contributed by atoms with E-state index in [9.17, 15) is 0 Å². The van der Waals surface area contributed by atoms with Crippen molar-refractivity contribution in [2.24, 2.45) is 5.92 Å². The number of hydrogen-bond donors (Lipinski definition) is 1. The van der Waals surface area contributed by atoms with Crippen LogP contribution in [0.4, 0.5) is 0 Å². The Kier molecular flexibility index (Phi) is 7.69. The van der Waals surface area contributed by atoms with Crippen LogP contribution in [0.1, 0.15) is 32.3 Å². The largest absolute Gasteiger partial charge is 0.383 e. The van der Waals surface area contributed by atoms with Crippen molar-refractivity contribution in [1.29, 1.82) is 0 Å². The van der Waals surface area contributed by atoms with Gasteiger partial charge in [-0.05, 0) is 37.3 Å². The Hall–Kier alpha value is -0.870. The first-order valence-electron chi connectivity index (χ1n) is 6.93. The normalized spacial score (nSPS) is 11.3. The molecule has 0 aliphatic rings. The Labute approximate surface area is 111 Å². The minimum absolute atomic E-state index is 0.739. The smallest absolute Gasteiger partial charge is 0.0587 e. The molecule has 0 aliphatic carbocycles. The van der Waals surface area contributed by atoms with Crippen molar-refractivity contribution in [3.8, 4) is 0 Å². The van der Waals surface area contributed by atoms with Crippen LogP contribution in [0.5, 0.6) is 0 Å². The van der Waals surface area contributed by atoms with Gasteiger partial charge >= 0.3 is 0 Å². The fraction of sp³-hybridized carbons (Fsp3) is 0.786. The number of hydrogen-bond acceptors (Lipinski definition) is 3. The zero-order valence-corrected chi connectivity index (χ0v) is 12.0. The first-order chi connectivity index (χ1) is 8.72. The predicted octanol–water partition coefficient (Wildman–Crippen LogP) is 2.10. The Morgan fingerprint density at radius 2 is 2.22 bits per heavy atom. The monoisotopic (exact) mass is 253 g/mol. The van der Waals surface area contributed by atoms with Gasteiger partial charge < -0.3 is 10.1 Å². The topological polar surface area (TPSA) is 39.1 Å². The van der Waals surface area contributed by atoms with Crippen LogP contribution in [0.2, 0.25) is 0 Å². The van der Waals surface area contributed by atoms with Gasteiger partial charge in [0.1, 0.15) is 0 Å². The van der Waals surface area contributed by atoms with E-state index in [4.69, 9.17) is 4.74 Å². The fourth-order valence-electron chi connectivity index (χ4n) is 1.76. The van der Waals surface area contributed by atoms with Crippen molar-refractivity contribution in [1.82, 2.24) is 15.1 Å². The van der Waals surface area contributed by atoms with Crippen molar-refractivity contribution < 1.29 is 4.74 Å². The second-order valence-electron chi connectivity index (χ2n) is 5.14. The summed E-state index contributed by atoms with van der Waals surface area (Å²) < 4.78 is 7.04. The van der Waals surface area contributed by atoms with E-state index in [0.717, 1.165) is 45.0 Å². The lowest BCUT2D eigenvalue weighted by atomic mass is 10.1. The summed E-state index contributed by atoms with van der Waals surface area (Å²) in [5.74, 6) is 0.739. The third-order valence-electron chi connectivity index (χ3n) is 2.92. The number of rotatable bonds is 10. The molecule has 0 unspecified atom stereocenters. The van der Waals surface area contributed by atoms with E-state index in [1.165, 1.54) is 12.0 Å². The summed E-state index contributed by atoms with van der Waals surface area (Å²) in [5.41, 5.74) is 1.34. The van der Waals surface area contributed by atoms with Crippen molar-refractivity contribution in [3.05, 3.63) is 18.0 Å². The summed E-state index contributed by atoms with van der Waals surface area (Å²) >= 11 is 0. The summed E-state index contributed by atoms with van der Waals surface area (Å²) in [5, 5.41) is 7.74. The highest BCUT2D eigenvalue weighted by Gasteiger charge is 2.00. The summed E-state index contributed by atoms with van der Waals surface area (Å²) in [7, 11) is 1.73. The van der Waals surface area contributed by atoms with Gasteiger partial charge in [0.25, 0.3) is 0 Å². The molecular formula is C14H27N3O. The first-order valence-corrected chi connectivity index (χ1v) is 6.93. The molecule has 0 fully saturated rings. The van der Waals surface area contributed by atoms with Gasteiger partial charge in [0.15, 0.2) is 0 Å². The van der Waals surface area contributed by atoms with Crippen LogP contribution in [0, 0.1) is 5.92 Å². The van der Waals surface area contributed by atoms with Crippen molar-refractivity contribution in [3.63, 3.8) is 0 Å². The van der Waals surface area contributed by atoms with Gasteiger partial charge in [-0.25, -0.2) is 0 Å². The molecule has 4 nitrogen and oxygen atoms in total. The number of nitrogens with one attached hydrogen (secondary N) is 1. The van der Waals surface area contributed by atoms with Gasteiger partial charge in [0.2, 0.25) is 0 Å². The van der Waals surface area contributed by atoms with Gasteiger partial charge in [0, 0.05) is 26.4 Å². The lowest BCUT2D eigenvalue weighted by molar-refractivity contribution is 0.199. The quantitative estimate of drug-likeness (QED) is 0.649. The molecule has 0 aliphatic heterocycles. The van der Waals surface area contributed by atoms with Crippen LogP contribution in [-0.2, 0) is 17.7 Å². The minimum atomic E-state index is 0.739. The van der Waals surface area contributed by atoms with E-state index in [2.05, 4.69) is 35.1 Å². The van der Waals surface area contributed by atoms with E-state index in [1.54, 1.807) is 7.11 Å². The van der Waals surface area contributed by atoms with E-state index in [1.807, 2.05) is 6.20 Å². The van der Waals surface area contributed by atoms with Crippen LogP contribution in [0.15, 0.2) is 12.4 Å². The number of ether oxygens (including phenoxy) is 1. The van der Waals surface area contributed by atoms with Crippen molar-refractivity contribution in [2.45, 2.75) is 39.7 Å². The third-order valence-corrected chi connectivity index (χ3v) is 2.92. The minimum Gasteiger partial charge on any atom is -0.383 e. The maximum absolute atomic E-state index is 4.98. The van der Waals surface area contributed by atoms with E-state index >= 15 is 0 Å². The molecule has 1 rings (SSSR count). The highest BCUT2D eigenvalue weighted by molar-refractivity contribution is 5.03. The highest BCUT2D eigenvalue weighted by atomic mass is 16.5. The van der Waals surface area contributed by atoms with E-state index in [0.29, 0.717) is 0 Å². The predicted molar refractivity (Wildman–Crippen MR) is 74.7 cm³/mol. The molecule has 4 heteroatoms. The average Bonchev–Trinajstić information content (AvgIpc) is 2.79. The number of aromatic nitrogens is 2. The second kappa shape index (κ2) is 9.11. The van der Waals surface area contributed by atoms with Crippen LogP contribution >= 0.6 is 0 Å². The molecule has 0 radical (unpaired) electrons. The van der Waals surface area contributed by atoms with Crippen LogP contribution in [0.25, 0.3) is 0 Å². The summed E-state index contributed by atoms with van der Waals surface area (Å²) in [6.07, 6.45) is 7.62. The molecule has 0 amide bonds. The zero-order chi connectivity index (χ0) is 13.2. The van der Waals surface area contributed by atoms with Gasteiger partial charge in [-0.1, -0.05) is 13.8 Å². The molecule has 0 aromatic carbocycles. The van der Waals surface area contributed by atoms with E-state index < -0.39 is 0 Å². The Morgan fingerprint density at radius 1 is 1.39 bits per heavy atom. The number of methoxy groups -OCH3 is 1. The van der Waals surface area contributed by atoms with Crippen LogP contribution in [0.3, 0.4) is 0 Å². The van der Waals surface area contributed by atoms with Gasteiger partial charge in [0.05, 0.1) is 12.8 Å². The molecule has 0 atom stereocenters. The van der Waals surface area contributed by atoms with E-state index in [-0.39, 0.29) is 0 Å². The molecule has 1 aromatic heterocycles. The van der Waals surface area contributed by atoms with Gasteiger partial charge in [-0.2, -0.15) is 5.10 Å². The summed E-state index contributed by atoms with van der Waals surface area (Å²) in [4.78, 5) is 0. The second-order valence-corrected chi connectivity index (χ2v) is 5.14. The molecule has 1 N–H and O–H groups in total. The van der Waals surface area contributed by atoms with Gasteiger partial charge in [-0.15, -0.1) is 0 Å². The third kappa shape index (κ3) is 6.77. The molecule has 0 saturated heterocycles. The molecule has 104 valence electrons. The molecule has 18 heavy (non-hydrogen) atoms. The SMILES string of the molecule is COCCNCCCc1cnn(CCC(C)C)c1. The number of nitrogens with zero attached hydrogens (tertiary/aromatic N) is 2. The lowest BCUT2D eigenvalue weighted by Gasteiger charge is -2.04. The summed E-state index contributed by atoms with van der Waals surface area (Å²) in [6, 6.07) is 0. The molecule has 1 aromatic rings. The fourth-order valence-corrected chi connectivity index (χ4v) is 1.76. The standard InChI is InChI=1S/C14H27N3O/c1-13(2)6-9-17-12-14(11-16-17)5-4-7-15-8-10-18-3/h11-13,15H,4-10H2,1-3H3. The maximum atomic E-state index is 4.98. The molecule has 1 heterocycles. The lowest BCUT2D eigenvalue weighted by Crippen LogP contribution is -2.20.